The van der Waals surface area contributed by atoms with Gasteiger partial charge >= 0.3 is 0 Å². The Morgan fingerprint density at radius 2 is 1.94 bits per heavy atom. The molecule has 0 atom stereocenters. The van der Waals surface area contributed by atoms with E-state index in [1.807, 2.05) is 6.20 Å². The summed E-state index contributed by atoms with van der Waals surface area (Å²) in [6, 6.07) is 2.36. The number of halogens is 2. The third-order valence-corrected chi connectivity index (χ3v) is 5.97. The first-order chi connectivity index (χ1) is 17.0. The second kappa shape index (κ2) is 9.92. The zero-order valence-corrected chi connectivity index (χ0v) is 19.2. The number of fused-ring (bicyclic) bond motifs is 1. The number of hydrogen-bond acceptors (Lipinski definition) is 8. The molecular formula is C23H25F2N7O3. The predicted molar refractivity (Wildman–Crippen MR) is 123 cm³/mol. The van der Waals surface area contributed by atoms with Crippen molar-refractivity contribution in [3.8, 4) is 0 Å². The minimum absolute atomic E-state index is 0.286. The molecule has 0 bridgehead atoms. The molecule has 3 aromatic rings. The van der Waals surface area contributed by atoms with Crippen molar-refractivity contribution in [3.63, 3.8) is 0 Å². The Morgan fingerprint density at radius 1 is 1.17 bits per heavy atom. The summed E-state index contributed by atoms with van der Waals surface area (Å²) in [5, 5.41) is 7.35. The number of amides is 1. The number of ether oxygens (including phenoxy) is 2. The van der Waals surface area contributed by atoms with Crippen molar-refractivity contribution in [3.05, 3.63) is 53.5 Å². The minimum Gasteiger partial charge on any atom is -0.383 e. The maximum Gasteiger partial charge on any atom is 0.259 e. The van der Waals surface area contributed by atoms with Crippen LogP contribution in [-0.4, -0.2) is 77.1 Å². The van der Waals surface area contributed by atoms with Crippen molar-refractivity contribution >= 4 is 29.0 Å². The molecule has 4 heterocycles. The third-order valence-electron chi connectivity index (χ3n) is 5.97. The van der Waals surface area contributed by atoms with Gasteiger partial charge in [-0.15, -0.1) is 0 Å². The molecule has 0 unspecified atom stereocenters. The van der Waals surface area contributed by atoms with Crippen LogP contribution in [-0.2, 0) is 22.4 Å². The lowest BCUT2D eigenvalue weighted by Gasteiger charge is -2.27. The normalized spacial score (nSPS) is 15.4. The number of nitrogens with zero attached hydrogens (tertiary/aromatic N) is 6. The van der Waals surface area contributed by atoms with Crippen LogP contribution in [0.2, 0.25) is 0 Å². The second-order valence-corrected chi connectivity index (χ2v) is 8.24. The highest BCUT2D eigenvalue weighted by atomic mass is 19.1. The van der Waals surface area contributed by atoms with E-state index in [-0.39, 0.29) is 5.69 Å². The van der Waals surface area contributed by atoms with Crippen molar-refractivity contribution in [1.29, 1.82) is 0 Å². The molecular weight excluding hydrogens is 460 g/mol. The maximum absolute atomic E-state index is 15.0. The summed E-state index contributed by atoms with van der Waals surface area (Å²) in [7, 11) is 1.63. The molecule has 0 spiro atoms. The Bertz CT molecular complexity index is 1210. The van der Waals surface area contributed by atoms with E-state index in [1.54, 1.807) is 29.1 Å². The number of methoxy groups -OCH3 is 1. The molecule has 35 heavy (non-hydrogen) atoms. The quantitative estimate of drug-likeness (QED) is 0.545. The lowest BCUT2D eigenvalue weighted by atomic mass is 10.1. The third kappa shape index (κ3) is 4.80. The molecule has 0 saturated carbocycles. The van der Waals surface area contributed by atoms with Crippen LogP contribution in [0.1, 0.15) is 15.9 Å². The number of anilines is 4. The average Bonchev–Trinajstić information content (AvgIpc) is 3.49. The molecule has 2 aliphatic rings. The van der Waals surface area contributed by atoms with E-state index in [4.69, 9.17) is 9.47 Å². The summed E-state index contributed by atoms with van der Waals surface area (Å²) in [6.07, 6.45) is 5.78. The lowest BCUT2D eigenvalue weighted by Crippen LogP contribution is -2.41. The molecule has 2 aliphatic heterocycles. The van der Waals surface area contributed by atoms with Crippen LogP contribution in [0.15, 0.2) is 30.7 Å². The Labute approximate surface area is 200 Å². The van der Waals surface area contributed by atoms with E-state index in [2.05, 4.69) is 20.4 Å². The molecule has 0 aliphatic carbocycles. The molecule has 1 aromatic carbocycles. The number of morpholine rings is 1. The average molecular weight is 485 g/mol. The van der Waals surface area contributed by atoms with E-state index in [1.165, 1.54) is 17.0 Å². The van der Waals surface area contributed by atoms with Gasteiger partial charge in [-0.3, -0.25) is 9.48 Å². The van der Waals surface area contributed by atoms with Crippen molar-refractivity contribution in [1.82, 2.24) is 24.6 Å². The van der Waals surface area contributed by atoms with Crippen LogP contribution in [0.4, 0.5) is 31.9 Å². The molecule has 5 rings (SSSR count). The van der Waals surface area contributed by atoms with Crippen LogP contribution < -0.4 is 10.2 Å². The fourth-order valence-corrected chi connectivity index (χ4v) is 4.17. The van der Waals surface area contributed by atoms with Gasteiger partial charge in [0.25, 0.3) is 5.91 Å². The van der Waals surface area contributed by atoms with Gasteiger partial charge < -0.3 is 24.6 Å². The molecule has 2 aromatic heterocycles. The smallest absolute Gasteiger partial charge is 0.259 e. The van der Waals surface area contributed by atoms with E-state index in [0.29, 0.717) is 69.9 Å². The first-order valence-corrected chi connectivity index (χ1v) is 11.3. The zero-order valence-electron chi connectivity index (χ0n) is 19.2. The maximum atomic E-state index is 15.0. The van der Waals surface area contributed by atoms with Crippen molar-refractivity contribution in [2.45, 2.75) is 13.0 Å². The monoisotopic (exact) mass is 485 g/mol. The Hall–Kier alpha value is -3.64. The molecule has 12 heteroatoms. The van der Waals surface area contributed by atoms with Gasteiger partial charge in [0.05, 0.1) is 38.2 Å². The van der Waals surface area contributed by atoms with Gasteiger partial charge in [0.2, 0.25) is 5.95 Å². The number of nitrogens with one attached hydrogen (secondary N) is 1. The Kier molecular flexibility index (Phi) is 6.55. The predicted octanol–water partition coefficient (Wildman–Crippen LogP) is 2.51. The standard InChI is InChI=1S/C23H25F2N7O3/c1-34-7-6-31-14-16(13-27-31)28-23-26-12-15-2-3-32(21(15)29-23)17-10-18(24)20(19(25)11-17)22(33)30-4-8-35-9-5-30/h10-14H,2-9H2,1H3,(H,26,28,29). The molecule has 0 radical (unpaired) electrons. The van der Waals surface area contributed by atoms with E-state index >= 15 is 0 Å². The van der Waals surface area contributed by atoms with Crippen LogP contribution in [0.5, 0.6) is 0 Å². The number of benzene rings is 1. The van der Waals surface area contributed by atoms with Gasteiger partial charge in [-0.05, 0) is 18.6 Å². The van der Waals surface area contributed by atoms with E-state index < -0.39 is 23.1 Å². The summed E-state index contributed by atoms with van der Waals surface area (Å²) in [6.45, 7) is 2.93. The second-order valence-electron chi connectivity index (χ2n) is 8.24. The highest BCUT2D eigenvalue weighted by molar-refractivity contribution is 5.95. The van der Waals surface area contributed by atoms with Crippen LogP contribution in [0, 0.1) is 11.6 Å². The van der Waals surface area contributed by atoms with Crippen molar-refractivity contribution < 1.29 is 23.0 Å². The minimum atomic E-state index is -0.902. The number of rotatable bonds is 7. The van der Waals surface area contributed by atoms with Crippen molar-refractivity contribution in [2.75, 3.05) is 56.8 Å². The first-order valence-electron chi connectivity index (χ1n) is 11.3. The zero-order chi connectivity index (χ0) is 24.4. The molecule has 1 saturated heterocycles. The van der Waals surface area contributed by atoms with Crippen LogP contribution >= 0.6 is 0 Å². The fraction of sp³-hybridized carbons (Fsp3) is 0.391. The van der Waals surface area contributed by atoms with E-state index in [9.17, 15) is 13.6 Å². The number of carbonyl (C=O) groups is 1. The largest absolute Gasteiger partial charge is 0.383 e. The van der Waals surface area contributed by atoms with Gasteiger partial charge in [0.1, 0.15) is 23.0 Å². The van der Waals surface area contributed by atoms with E-state index in [0.717, 1.165) is 5.56 Å². The number of carbonyl (C=O) groups excluding carboxylic acids is 1. The summed E-state index contributed by atoms with van der Waals surface area (Å²) >= 11 is 0. The van der Waals surface area contributed by atoms with Gasteiger partial charge in [-0.25, -0.2) is 13.8 Å². The van der Waals surface area contributed by atoms with Crippen molar-refractivity contribution in [2.24, 2.45) is 0 Å². The van der Waals surface area contributed by atoms with Crippen LogP contribution in [0.3, 0.4) is 0 Å². The molecule has 184 valence electrons. The molecule has 1 fully saturated rings. The topological polar surface area (TPSA) is 97.6 Å². The molecule has 1 N–H and O–H groups in total. The Balaban J connectivity index is 1.37. The SMILES string of the molecule is COCCn1cc(Nc2ncc3c(n2)N(c2cc(F)c(C(=O)N4CCOCC4)c(F)c2)CC3)cn1. The highest BCUT2D eigenvalue weighted by Crippen LogP contribution is 2.35. The summed E-state index contributed by atoms with van der Waals surface area (Å²) in [5.74, 6) is -1.58. The fourth-order valence-electron chi connectivity index (χ4n) is 4.17. The first kappa shape index (κ1) is 23.1. The number of aromatic nitrogens is 4. The Morgan fingerprint density at radius 3 is 2.69 bits per heavy atom. The summed E-state index contributed by atoms with van der Waals surface area (Å²) < 4.78 is 42.0. The molecule has 10 nitrogen and oxygen atoms in total. The summed E-state index contributed by atoms with van der Waals surface area (Å²) in [4.78, 5) is 24.7. The van der Waals surface area contributed by atoms with Gasteiger partial charge in [0, 0.05) is 50.4 Å². The number of hydrogen-bond donors (Lipinski definition) is 1. The lowest BCUT2D eigenvalue weighted by molar-refractivity contribution is 0.0296. The molecule has 1 amide bonds. The highest BCUT2D eigenvalue weighted by Gasteiger charge is 2.29. The van der Waals surface area contributed by atoms with Crippen LogP contribution in [0.25, 0.3) is 0 Å². The summed E-state index contributed by atoms with van der Waals surface area (Å²) in [5.41, 5.74) is 1.30. The van der Waals surface area contributed by atoms with Gasteiger partial charge in [-0.1, -0.05) is 0 Å². The van der Waals surface area contributed by atoms with Gasteiger partial charge in [-0.2, -0.15) is 10.1 Å². The van der Waals surface area contributed by atoms with Gasteiger partial charge in [0.15, 0.2) is 0 Å².